The van der Waals surface area contributed by atoms with Crippen LogP contribution in [0, 0.1) is 25.2 Å². The summed E-state index contributed by atoms with van der Waals surface area (Å²) >= 11 is 9.41. The number of hydrogen-bond donors (Lipinski definition) is 0. The van der Waals surface area contributed by atoms with Crippen molar-refractivity contribution in [2.24, 2.45) is 0 Å². The van der Waals surface area contributed by atoms with Crippen molar-refractivity contribution in [2.45, 2.75) is 13.8 Å². The number of allylic oxidation sites excluding steroid dienone is 1. The van der Waals surface area contributed by atoms with E-state index in [1.54, 1.807) is 12.1 Å². The Morgan fingerprint density at radius 2 is 1.72 bits per heavy atom. The molecule has 3 rings (SSSR count). The highest BCUT2D eigenvalue weighted by Crippen LogP contribution is 2.26. The summed E-state index contributed by atoms with van der Waals surface area (Å²) in [4.78, 5) is 0. The Hall–Kier alpha value is -2.28. The quantitative estimate of drug-likeness (QED) is 0.448. The number of hydrogen-bond acceptors (Lipinski definition) is 1. The molecule has 0 aliphatic carbocycles. The summed E-state index contributed by atoms with van der Waals surface area (Å²) in [6.45, 7) is 4.14. The monoisotopic (exact) mass is 410 g/mol. The van der Waals surface area contributed by atoms with Gasteiger partial charge in [0.25, 0.3) is 0 Å². The Morgan fingerprint density at radius 1 is 1.08 bits per heavy atom. The van der Waals surface area contributed by atoms with Crippen LogP contribution in [0.15, 0.2) is 59.1 Å². The van der Waals surface area contributed by atoms with Crippen LogP contribution in [0.25, 0.3) is 17.3 Å². The second kappa shape index (κ2) is 7.31. The molecule has 0 unspecified atom stereocenters. The largest absolute Gasteiger partial charge is 0.318 e. The summed E-state index contributed by atoms with van der Waals surface area (Å²) in [6, 6.07) is 19.9. The van der Waals surface area contributed by atoms with Gasteiger partial charge in [-0.2, -0.15) is 5.26 Å². The minimum Gasteiger partial charge on any atom is -0.318 e. The molecule has 0 saturated carbocycles. The highest BCUT2D eigenvalue weighted by molar-refractivity contribution is 9.10. The molecule has 0 aliphatic heterocycles. The first-order valence-corrected chi connectivity index (χ1v) is 8.99. The van der Waals surface area contributed by atoms with E-state index in [0.29, 0.717) is 10.6 Å². The maximum Gasteiger partial charge on any atom is 0.0998 e. The fourth-order valence-corrected chi connectivity index (χ4v) is 3.28. The molecule has 0 radical (unpaired) electrons. The van der Waals surface area contributed by atoms with E-state index in [1.807, 2.05) is 30.3 Å². The number of benzene rings is 2. The van der Waals surface area contributed by atoms with Gasteiger partial charge >= 0.3 is 0 Å². The number of rotatable bonds is 3. The smallest absolute Gasteiger partial charge is 0.0998 e. The molecule has 0 saturated heterocycles. The van der Waals surface area contributed by atoms with Crippen LogP contribution >= 0.6 is 27.5 Å². The van der Waals surface area contributed by atoms with Crippen LogP contribution in [0.3, 0.4) is 0 Å². The number of aryl methyl sites for hydroxylation is 1. The lowest BCUT2D eigenvalue weighted by molar-refractivity contribution is 0.964. The summed E-state index contributed by atoms with van der Waals surface area (Å²) in [6.07, 6.45) is 1.93. The molecule has 0 bridgehead atoms. The van der Waals surface area contributed by atoms with Gasteiger partial charge in [0.05, 0.1) is 11.6 Å². The first-order chi connectivity index (χ1) is 12.0. The van der Waals surface area contributed by atoms with E-state index in [-0.39, 0.29) is 0 Å². The standard InChI is InChI=1S/C21H16BrClN2/c1-14-11-17(12-18(13-24)16-3-7-20(23)8-4-16)15(2)25(14)21-9-5-19(22)6-10-21/h3-12H,1-2H3/b18-12-. The minimum atomic E-state index is 0.618. The Balaban J connectivity index is 2.06. The van der Waals surface area contributed by atoms with Crippen molar-refractivity contribution in [3.8, 4) is 11.8 Å². The van der Waals surface area contributed by atoms with E-state index in [4.69, 9.17) is 11.6 Å². The second-order valence-corrected chi connectivity index (χ2v) is 7.17. The Morgan fingerprint density at radius 3 is 2.32 bits per heavy atom. The zero-order valence-corrected chi connectivity index (χ0v) is 16.3. The molecular formula is C21H16BrClN2. The molecule has 0 aliphatic rings. The van der Waals surface area contributed by atoms with Crippen LogP contribution in [0.5, 0.6) is 0 Å². The van der Waals surface area contributed by atoms with Crippen molar-refractivity contribution in [3.63, 3.8) is 0 Å². The van der Waals surface area contributed by atoms with Crippen molar-refractivity contribution in [1.82, 2.24) is 4.57 Å². The van der Waals surface area contributed by atoms with Crippen molar-refractivity contribution >= 4 is 39.2 Å². The SMILES string of the molecule is Cc1cc(/C=C(/C#N)c2ccc(Cl)cc2)c(C)n1-c1ccc(Br)cc1. The average molecular weight is 412 g/mol. The van der Waals surface area contributed by atoms with Gasteiger partial charge in [-0.3, -0.25) is 0 Å². The van der Waals surface area contributed by atoms with Gasteiger partial charge in [0, 0.05) is 26.6 Å². The van der Waals surface area contributed by atoms with E-state index in [0.717, 1.165) is 32.7 Å². The van der Waals surface area contributed by atoms with Crippen LogP contribution in [0.4, 0.5) is 0 Å². The normalized spacial score (nSPS) is 11.4. The Kier molecular flexibility index (Phi) is 5.13. The third-order valence-electron chi connectivity index (χ3n) is 4.13. The molecule has 3 aromatic rings. The van der Waals surface area contributed by atoms with Gasteiger partial charge < -0.3 is 4.57 Å². The topological polar surface area (TPSA) is 28.7 Å². The fourth-order valence-electron chi connectivity index (χ4n) is 2.89. The molecule has 4 heteroatoms. The molecule has 0 spiro atoms. The zero-order chi connectivity index (χ0) is 18.0. The molecule has 0 amide bonds. The second-order valence-electron chi connectivity index (χ2n) is 5.82. The summed E-state index contributed by atoms with van der Waals surface area (Å²) in [5.41, 5.74) is 5.84. The van der Waals surface area contributed by atoms with Gasteiger partial charge in [-0.15, -0.1) is 0 Å². The lowest BCUT2D eigenvalue weighted by Crippen LogP contribution is -1.98. The molecule has 0 N–H and O–H groups in total. The molecule has 124 valence electrons. The molecule has 1 aromatic heterocycles. The van der Waals surface area contributed by atoms with Crippen LogP contribution in [-0.2, 0) is 0 Å². The lowest BCUT2D eigenvalue weighted by Gasteiger charge is -2.09. The van der Waals surface area contributed by atoms with Crippen LogP contribution in [0.2, 0.25) is 5.02 Å². The van der Waals surface area contributed by atoms with Crippen LogP contribution in [-0.4, -0.2) is 4.57 Å². The van der Waals surface area contributed by atoms with Gasteiger partial charge in [0.2, 0.25) is 0 Å². The summed E-state index contributed by atoms with van der Waals surface area (Å²) in [5, 5.41) is 10.2. The number of halogens is 2. The highest BCUT2D eigenvalue weighted by atomic mass is 79.9. The van der Waals surface area contributed by atoms with Crippen molar-refractivity contribution < 1.29 is 0 Å². The summed E-state index contributed by atoms with van der Waals surface area (Å²) in [5.74, 6) is 0. The fraction of sp³-hybridized carbons (Fsp3) is 0.0952. The molecule has 2 aromatic carbocycles. The van der Waals surface area contributed by atoms with Crippen LogP contribution < -0.4 is 0 Å². The Bertz CT molecular complexity index is 974. The summed E-state index contributed by atoms with van der Waals surface area (Å²) < 4.78 is 3.24. The maximum atomic E-state index is 9.56. The third-order valence-corrected chi connectivity index (χ3v) is 4.91. The van der Waals surface area contributed by atoms with Crippen LogP contribution in [0.1, 0.15) is 22.5 Å². The van der Waals surface area contributed by atoms with E-state index in [9.17, 15) is 5.26 Å². The molecule has 2 nitrogen and oxygen atoms in total. The van der Waals surface area contributed by atoms with E-state index >= 15 is 0 Å². The molecular weight excluding hydrogens is 396 g/mol. The highest BCUT2D eigenvalue weighted by Gasteiger charge is 2.11. The number of nitrogens with zero attached hydrogens (tertiary/aromatic N) is 2. The average Bonchev–Trinajstić information content (AvgIpc) is 2.88. The maximum absolute atomic E-state index is 9.56. The predicted octanol–water partition coefficient (Wildman–Crippen LogP) is 6.57. The summed E-state index contributed by atoms with van der Waals surface area (Å²) in [7, 11) is 0. The minimum absolute atomic E-state index is 0.618. The molecule has 0 atom stereocenters. The van der Waals surface area contributed by atoms with Crippen molar-refractivity contribution in [2.75, 3.05) is 0 Å². The van der Waals surface area contributed by atoms with Gasteiger partial charge in [0.15, 0.2) is 0 Å². The predicted molar refractivity (Wildman–Crippen MR) is 108 cm³/mol. The van der Waals surface area contributed by atoms with Gasteiger partial charge in [0.1, 0.15) is 0 Å². The first-order valence-electron chi connectivity index (χ1n) is 7.82. The molecule has 0 fully saturated rings. The van der Waals surface area contributed by atoms with Crippen molar-refractivity contribution in [3.05, 3.63) is 86.6 Å². The van der Waals surface area contributed by atoms with Gasteiger partial charge in [-0.1, -0.05) is 39.7 Å². The Labute approximate surface area is 161 Å². The third kappa shape index (κ3) is 3.71. The van der Waals surface area contributed by atoms with Gasteiger partial charge in [-0.05, 0) is 73.5 Å². The molecule has 25 heavy (non-hydrogen) atoms. The van der Waals surface area contributed by atoms with E-state index in [2.05, 4.69) is 58.6 Å². The first kappa shape index (κ1) is 17.5. The lowest BCUT2D eigenvalue weighted by atomic mass is 10.0. The van der Waals surface area contributed by atoms with Crippen molar-refractivity contribution in [1.29, 1.82) is 5.26 Å². The van der Waals surface area contributed by atoms with Gasteiger partial charge in [-0.25, -0.2) is 0 Å². The number of nitriles is 1. The van der Waals surface area contributed by atoms with E-state index in [1.165, 1.54) is 0 Å². The zero-order valence-electron chi connectivity index (χ0n) is 13.9. The van der Waals surface area contributed by atoms with E-state index < -0.39 is 0 Å². The number of aromatic nitrogens is 1. The molecule has 1 heterocycles.